The van der Waals surface area contributed by atoms with Gasteiger partial charge in [0, 0.05) is 30.2 Å². The Morgan fingerprint density at radius 3 is 2.75 bits per heavy atom. The molecule has 1 aliphatic rings. The van der Waals surface area contributed by atoms with Crippen LogP contribution in [-0.4, -0.2) is 22.5 Å². The molecule has 5 heteroatoms. The number of halogens is 1. The SMILES string of the molecule is CC1CC(c2ccccc2)CN1Cc1cnc(N)s1.Cl. The Hall–Kier alpha value is -1.10. The molecule has 1 aromatic carbocycles. The van der Waals surface area contributed by atoms with Gasteiger partial charge in [0.1, 0.15) is 0 Å². The molecule has 2 heterocycles. The van der Waals surface area contributed by atoms with Gasteiger partial charge in [-0.15, -0.1) is 23.7 Å². The Morgan fingerprint density at radius 1 is 1.35 bits per heavy atom. The monoisotopic (exact) mass is 309 g/mol. The van der Waals surface area contributed by atoms with Gasteiger partial charge >= 0.3 is 0 Å². The number of nitrogen functional groups attached to an aromatic ring is 1. The molecular weight excluding hydrogens is 290 g/mol. The molecule has 3 nitrogen and oxygen atoms in total. The highest BCUT2D eigenvalue weighted by Gasteiger charge is 2.30. The Kier molecular flexibility index (Phi) is 5.02. The zero-order chi connectivity index (χ0) is 13.2. The predicted octanol–water partition coefficient (Wildman–Crippen LogP) is 3.53. The summed E-state index contributed by atoms with van der Waals surface area (Å²) < 4.78 is 0. The Labute approximate surface area is 130 Å². The molecule has 0 aliphatic carbocycles. The van der Waals surface area contributed by atoms with Gasteiger partial charge in [-0.1, -0.05) is 30.3 Å². The number of hydrogen-bond acceptors (Lipinski definition) is 4. The van der Waals surface area contributed by atoms with Crippen LogP contribution in [0, 0.1) is 0 Å². The van der Waals surface area contributed by atoms with Gasteiger partial charge in [-0.2, -0.15) is 0 Å². The van der Waals surface area contributed by atoms with Crippen LogP contribution < -0.4 is 5.73 Å². The maximum atomic E-state index is 5.69. The van der Waals surface area contributed by atoms with Crippen molar-refractivity contribution in [2.75, 3.05) is 12.3 Å². The lowest BCUT2D eigenvalue weighted by atomic mass is 9.97. The van der Waals surface area contributed by atoms with Crippen LogP contribution in [0.1, 0.15) is 29.7 Å². The lowest BCUT2D eigenvalue weighted by Gasteiger charge is -2.19. The highest BCUT2D eigenvalue weighted by Crippen LogP contribution is 2.33. The fourth-order valence-electron chi connectivity index (χ4n) is 2.88. The molecule has 108 valence electrons. The van der Waals surface area contributed by atoms with Crippen LogP contribution in [0.3, 0.4) is 0 Å². The van der Waals surface area contributed by atoms with E-state index in [1.165, 1.54) is 16.9 Å². The van der Waals surface area contributed by atoms with Crippen molar-refractivity contribution >= 4 is 28.9 Å². The van der Waals surface area contributed by atoms with E-state index in [2.05, 4.69) is 47.1 Å². The first kappa shape index (κ1) is 15.3. The third kappa shape index (κ3) is 3.32. The van der Waals surface area contributed by atoms with E-state index in [1.807, 2.05) is 6.20 Å². The van der Waals surface area contributed by atoms with E-state index in [0.717, 1.165) is 13.1 Å². The molecule has 1 fully saturated rings. The molecule has 0 radical (unpaired) electrons. The van der Waals surface area contributed by atoms with Crippen LogP contribution in [0.5, 0.6) is 0 Å². The van der Waals surface area contributed by atoms with Crippen LogP contribution in [-0.2, 0) is 6.54 Å². The third-order valence-corrected chi connectivity index (χ3v) is 4.72. The van der Waals surface area contributed by atoms with E-state index >= 15 is 0 Å². The van der Waals surface area contributed by atoms with Gasteiger partial charge in [-0.3, -0.25) is 4.90 Å². The molecule has 1 aliphatic heterocycles. The minimum atomic E-state index is 0. The first-order valence-corrected chi connectivity index (χ1v) is 7.53. The van der Waals surface area contributed by atoms with Gasteiger partial charge in [0.2, 0.25) is 0 Å². The second-order valence-corrected chi connectivity index (χ2v) is 6.43. The molecular formula is C15H20ClN3S. The fraction of sp³-hybridized carbons (Fsp3) is 0.400. The summed E-state index contributed by atoms with van der Waals surface area (Å²) in [6, 6.07) is 11.4. The number of benzene rings is 1. The van der Waals surface area contributed by atoms with Crippen molar-refractivity contribution in [2.24, 2.45) is 0 Å². The topological polar surface area (TPSA) is 42.2 Å². The van der Waals surface area contributed by atoms with E-state index in [4.69, 9.17) is 5.73 Å². The number of likely N-dealkylation sites (tertiary alicyclic amines) is 1. The third-order valence-electron chi connectivity index (χ3n) is 3.91. The van der Waals surface area contributed by atoms with Gasteiger partial charge in [0.05, 0.1) is 0 Å². The zero-order valence-corrected chi connectivity index (χ0v) is 13.2. The van der Waals surface area contributed by atoms with Gasteiger partial charge in [0.25, 0.3) is 0 Å². The molecule has 0 saturated carbocycles. The summed E-state index contributed by atoms with van der Waals surface area (Å²) in [6.07, 6.45) is 3.14. The first-order chi connectivity index (χ1) is 9.22. The van der Waals surface area contributed by atoms with Gasteiger partial charge in [-0.25, -0.2) is 4.98 Å². The van der Waals surface area contributed by atoms with E-state index < -0.39 is 0 Å². The number of thiazole rings is 1. The van der Waals surface area contributed by atoms with Crippen LogP contribution in [0.15, 0.2) is 36.5 Å². The van der Waals surface area contributed by atoms with Crippen LogP contribution >= 0.6 is 23.7 Å². The standard InChI is InChI=1S/C15H19N3S.ClH/c1-11-7-13(12-5-3-2-4-6-12)9-18(11)10-14-8-17-15(16)19-14;/h2-6,8,11,13H,7,9-10H2,1H3,(H2,16,17);1H. The number of nitrogens with zero attached hydrogens (tertiary/aromatic N) is 2. The zero-order valence-electron chi connectivity index (χ0n) is 11.5. The molecule has 1 saturated heterocycles. The van der Waals surface area contributed by atoms with Crippen molar-refractivity contribution in [3.63, 3.8) is 0 Å². The minimum Gasteiger partial charge on any atom is -0.375 e. The van der Waals surface area contributed by atoms with E-state index in [-0.39, 0.29) is 12.4 Å². The first-order valence-electron chi connectivity index (χ1n) is 6.71. The van der Waals surface area contributed by atoms with Crippen molar-refractivity contribution in [1.82, 2.24) is 9.88 Å². The molecule has 3 rings (SSSR count). The summed E-state index contributed by atoms with van der Waals surface area (Å²) >= 11 is 1.60. The summed E-state index contributed by atoms with van der Waals surface area (Å²) in [7, 11) is 0. The summed E-state index contributed by atoms with van der Waals surface area (Å²) in [4.78, 5) is 7.92. The molecule has 2 aromatic rings. The van der Waals surface area contributed by atoms with Crippen molar-refractivity contribution < 1.29 is 0 Å². The second-order valence-electron chi connectivity index (χ2n) is 5.29. The summed E-state index contributed by atoms with van der Waals surface area (Å²) in [5.41, 5.74) is 7.15. The molecule has 0 spiro atoms. The van der Waals surface area contributed by atoms with Crippen molar-refractivity contribution in [3.8, 4) is 0 Å². The maximum Gasteiger partial charge on any atom is 0.180 e. The van der Waals surface area contributed by atoms with Crippen molar-refractivity contribution in [1.29, 1.82) is 0 Å². The quantitative estimate of drug-likeness (QED) is 0.943. The van der Waals surface area contributed by atoms with Crippen LogP contribution in [0.25, 0.3) is 0 Å². The molecule has 1 aromatic heterocycles. The molecule has 0 amide bonds. The van der Waals surface area contributed by atoms with Crippen molar-refractivity contribution in [3.05, 3.63) is 47.0 Å². The lowest BCUT2D eigenvalue weighted by molar-refractivity contribution is 0.261. The number of nitrogens with two attached hydrogens (primary N) is 1. The summed E-state index contributed by atoms with van der Waals surface area (Å²) in [6.45, 7) is 4.41. The fourth-order valence-corrected chi connectivity index (χ4v) is 3.59. The van der Waals surface area contributed by atoms with Crippen molar-refractivity contribution in [2.45, 2.75) is 31.8 Å². The average molecular weight is 310 g/mol. The van der Waals surface area contributed by atoms with Gasteiger partial charge in [-0.05, 0) is 24.8 Å². The highest BCUT2D eigenvalue weighted by molar-refractivity contribution is 7.15. The Balaban J connectivity index is 0.00000147. The molecule has 2 N–H and O–H groups in total. The number of aromatic nitrogens is 1. The summed E-state index contributed by atoms with van der Waals surface area (Å²) in [5, 5.41) is 0.668. The number of rotatable bonds is 3. The average Bonchev–Trinajstić information content (AvgIpc) is 2.98. The predicted molar refractivity (Wildman–Crippen MR) is 87.4 cm³/mol. The molecule has 20 heavy (non-hydrogen) atoms. The lowest BCUT2D eigenvalue weighted by Crippen LogP contribution is -2.26. The van der Waals surface area contributed by atoms with Gasteiger partial charge < -0.3 is 5.73 Å². The second kappa shape index (κ2) is 6.57. The molecule has 2 unspecified atom stereocenters. The maximum absolute atomic E-state index is 5.69. The molecule has 0 bridgehead atoms. The highest BCUT2D eigenvalue weighted by atomic mass is 35.5. The van der Waals surface area contributed by atoms with Gasteiger partial charge in [0.15, 0.2) is 5.13 Å². The van der Waals surface area contributed by atoms with E-state index in [0.29, 0.717) is 17.1 Å². The van der Waals surface area contributed by atoms with E-state index in [1.54, 1.807) is 11.3 Å². The minimum absolute atomic E-state index is 0. The smallest absolute Gasteiger partial charge is 0.180 e. The van der Waals surface area contributed by atoms with Crippen LogP contribution in [0.2, 0.25) is 0 Å². The number of anilines is 1. The molecule has 2 atom stereocenters. The van der Waals surface area contributed by atoms with Crippen LogP contribution in [0.4, 0.5) is 5.13 Å². The Bertz CT molecular complexity index is 543. The largest absolute Gasteiger partial charge is 0.375 e. The normalized spacial score (nSPS) is 22.6. The Morgan fingerprint density at radius 2 is 2.10 bits per heavy atom. The number of hydrogen-bond donors (Lipinski definition) is 1. The van der Waals surface area contributed by atoms with E-state index in [9.17, 15) is 0 Å². The summed E-state index contributed by atoms with van der Waals surface area (Å²) in [5.74, 6) is 0.654.